The molecule has 9 heteroatoms. The predicted molar refractivity (Wildman–Crippen MR) is 90.9 cm³/mol. The summed E-state index contributed by atoms with van der Waals surface area (Å²) in [6.45, 7) is 0. The summed E-state index contributed by atoms with van der Waals surface area (Å²) in [5.41, 5.74) is 1.21. The molecule has 0 spiro atoms. The van der Waals surface area contributed by atoms with Crippen LogP contribution in [0, 0.1) is 0 Å². The Labute approximate surface area is 152 Å². The lowest BCUT2D eigenvalue weighted by Crippen LogP contribution is -2.42. The van der Waals surface area contributed by atoms with E-state index in [9.17, 15) is 8.78 Å². The number of nitrogens with one attached hydrogen (secondary N) is 1. The summed E-state index contributed by atoms with van der Waals surface area (Å²) in [6.07, 6.45) is 3.09. The number of aromatic nitrogens is 4. The minimum Gasteiger partial charge on any atom is -0.415 e. The van der Waals surface area contributed by atoms with Crippen molar-refractivity contribution in [3.05, 3.63) is 53.1 Å². The quantitative estimate of drug-likeness (QED) is 0.699. The molecule has 2 heterocycles. The third-order valence-electron chi connectivity index (χ3n) is 4.46. The number of anilines is 1. The van der Waals surface area contributed by atoms with Gasteiger partial charge in [-0.1, -0.05) is 23.7 Å². The number of rotatable bonds is 5. The number of alkyl halides is 2. The van der Waals surface area contributed by atoms with E-state index in [2.05, 4.69) is 25.5 Å². The minimum absolute atomic E-state index is 0.0416. The van der Waals surface area contributed by atoms with Gasteiger partial charge in [-0.2, -0.15) is 8.78 Å². The van der Waals surface area contributed by atoms with Gasteiger partial charge >= 0.3 is 6.43 Å². The second kappa shape index (κ2) is 6.60. The standard InChI is InChI=1S/C17H14ClF2N5O/c18-12-4-1-3-11(7-12)17(5-2-6-17)23-16-21-8-10(9-22-16)14-24-25-15(26-14)13(19)20/h1,3-4,7-9,13H,2,5-6H2,(H,21,22,23). The maximum Gasteiger partial charge on any atom is 0.314 e. The lowest BCUT2D eigenvalue weighted by atomic mass is 9.72. The Bertz CT molecular complexity index is 912. The summed E-state index contributed by atoms with van der Waals surface area (Å²) in [6, 6.07) is 7.71. The minimum atomic E-state index is -2.81. The van der Waals surface area contributed by atoms with Crippen molar-refractivity contribution in [3.8, 4) is 11.5 Å². The van der Waals surface area contributed by atoms with Crippen LogP contribution in [0.5, 0.6) is 0 Å². The fraction of sp³-hybridized carbons (Fsp3) is 0.294. The van der Waals surface area contributed by atoms with E-state index in [1.54, 1.807) is 0 Å². The molecule has 3 aromatic rings. The van der Waals surface area contributed by atoms with E-state index >= 15 is 0 Å². The fourth-order valence-corrected chi connectivity index (χ4v) is 3.15. The number of hydrogen-bond donors (Lipinski definition) is 1. The van der Waals surface area contributed by atoms with E-state index in [-0.39, 0.29) is 11.4 Å². The highest BCUT2D eigenvalue weighted by Crippen LogP contribution is 2.44. The van der Waals surface area contributed by atoms with Crippen LogP contribution in [-0.2, 0) is 5.54 Å². The van der Waals surface area contributed by atoms with E-state index < -0.39 is 12.3 Å². The molecular weight excluding hydrogens is 364 g/mol. The smallest absolute Gasteiger partial charge is 0.314 e. The Balaban J connectivity index is 1.55. The Kier molecular flexibility index (Phi) is 4.28. The zero-order valence-corrected chi connectivity index (χ0v) is 14.2. The average molecular weight is 378 g/mol. The van der Waals surface area contributed by atoms with Gasteiger partial charge in [-0.25, -0.2) is 9.97 Å². The van der Waals surface area contributed by atoms with Crippen molar-refractivity contribution in [2.24, 2.45) is 0 Å². The first-order chi connectivity index (χ1) is 12.6. The Hall–Kier alpha value is -2.61. The van der Waals surface area contributed by atoms with Gasteiger partial charge in [0.2, 0.25) is 5.95 Å². The van der Waals surface area contributed by atoms with E-state index in [4.69, 9.17) is 16.0 Å². The summed E-state index contributed by atoms with van der Waals surface area (Å²) in [4.78, 5) is 8.51. The molecular formula is C17H14ClF2N5O. The molecule has 0 atom stereocenters. The zero-order valence-electron chi connectivity index (χ0n) is 13.5. The maximum absolute atomic E-state index is 12.5. The molecule has 26 heavy (non-hydrogen) atoms. The molecule has 1 N–H and O–H groups in total. The van der Waals surface area contributed by atoms with Gasteiger partial charge in [0.25, 0.3) is 11.8 Å². The molecule has 0 aliphatic heterocycles. The van der Waals surface area contributed by atoms with Crippen LogP contribution < -0.4 is 5.32 Å². The number of halogens is 3. The fourth-order valence-electron chi connectivity index (χ4n) is 2.96. The number of nitrogens with zero attached hydrogens (tertiary/aromatic N) is 4. The summed E-state index contributed by atoms with van der Waals surface area (Å²) in [5, 5.41) is 10.9. The van der Waals surface area contributed by atoms with Crippen molar-refractivity contribution in [1.82, 2.24) is 20.2 Å². The molecule has 0 saturated heterocycles. The Morgan fingerprint density at radius 3 is 2.50 bits per heavy atom. The largest absolute Gasteiger partial charge is 0.415 e. The molecule has 1 aliphatic carbocycles. The van der Waals surface area contributed by atoms with Gasteiger partial charge in [0.05, 0.1) is 11.1 Å². The van der Waals surface area contributed by atoms with E-state index in [1.807, 2.05) is 24.3 Å². The van der Waals surface area contributed by atoms with Crippen LogP contribution >= 0.6 is 11.6 Å². The van der Waals surface area contributed by atoms with Crippen molar-refractivity contribution in [1.29, 1.82) is 0 Å². The van der Waals surface area contributed by atoms with E-state index in [0.29, 0.717) is 16.5 Å². The summed E-state index contributed by atoms with van der Waals surface area (Å²) >= 11 is 6.11. The third-order valence-corrected chi connectivity index (χ3v) is 4.70. The van der Waals surface area contributed by atoms with Gasteiger partial charge in [-0.05, 0) is 37.0 Å². The van der Waals surface area contributed by atoms with Crippen molar-refractivity contribution in [3.63, 3.8) is 0 Å². The van der Waals surface area contributed by atoms with Crippen LogP contribution in [0.15, 0.2) is 41.1 Å². The first-order valence-electron chi connectivity index (χ1n) is 8.04. The highest BCUT2D eigenvalue weighted by molar-refractivity contribution is 6.30. The van der Waals surface area contributed by atoms with Crippen molar-refractivity contribution in [2.45, 2.75) is 31.2 Å². The summed E-state index contributed by atoms with van der Waals surface area (Å²) in [5.74, 6) is -0.335. The molecule has 1 aliphatic rings. The molecule has 1 fully saturated rings. The van der Waals surface area contributed by atoms with E-state index in [1.165, 1.54) is 12.4 Å². The van der Waals surface area contributed by atoms with Gasteiger partial charge in [-0.3, -0.25) is 0 Å². The van der Waals surface area contributed by atoms with Gasteiger partial charge in [0.15, 0.2) is 0 Å². The van der Waals surface area contributed by atoms with Crippen LogP contribution in [0.4, 0.5) is 14.7 Å². The van der Waals surface area contributed by atoms with Crippen LogP contribution in [0.1, 0.15) is 37.1 Å². The maximum atomic E-state index is 12.5. The Morgan fingerprint density at radius 2 is 1.92 bits per heavy atom. The lowest BCUT2D eigenvalue weighted by Gasteiger charge is -2.43. The average Bonchev–Trinajstić information content (AvgIpc) is 3.09. The monoisotopic (exact) mass is 377 g/mol. The SMILES string of the molecule is FC(F)c1nnc(-c2cnc(NC3(c4cccc(Cl)c4)CCC3)nc2)o1. The molecule has 0 radical (unpaired) electrons. The third kappa shape index (κ3) is 3.12. The first kappa shape index (κ1) is 16.8. The van der Waals surface area contributed by atoms with Gasteiger partial charge in [-0.15, -0.1) is 10.2 Å². The number of hydrogen-bond acceptors (Lipinski definition) is 6. The molecule has 0 unspecified atom stereocenters. The van der Waals surface area contributed by atoms with Crippen molar-refractivity contribution >= 4 is 17.5 Å². The first-order valence-corrected chi connectivity index (χ1v) is 8.42. The van der Waals surface area contributed by atoms with Gasteiger partial charge in [0, 0.05) is 17.4 Å². The second-order valence-electron chi connectivity index (χ2n) is 6.11. The molecule has 1 saturated carbocycles. The topological polar surface area (TPSA) is 76.7 Å². The normalized spacial score (nSPS) is 15.7. The molecule has 4 rings (SSSR count). The molecule has 2 aromatic heterocycles. The van der Waals surface area contributed by atoms with Gasteiger partial charge < -0.3 is 9.73 Å². The second-order valence-corrected chi connectivity index (χ2v) is 6.55. The summed E-state index contributed by atoms with van der Waals surface area (Å²) in [7, 11) is 0. The van der Waals surface area contributed by atoms with E-state index in [0.717, 1.165) is 24.8 Å². The van der Waals surface area contributed by atoms with Crippen LogP contribution in [0.2, 0.25) is 5.02 Å². The molecule has 0 bridgehead atoms. The molecule has 6 nitrogen and oxygen atoms in total. The van der Waals surface area contributed by atoms with Crippen LogP contribution in [-0.4, -0.2) is 20.2 Å². The summed E-state index contributed by atoms with van der Waals surface area (Å²) < 4.78 is 30.0. The van der Waals surface area contributed by atoms with Crippen LogP contribution in [0.3, 0.4) is 0 Å². The lowest BCUT2D eigenvalue weighted by molar-refractivity contribution is 0.116. The Morgan fingerprint density at radius 1 is 1.15 bits per heavy atom. The van der Waals surface area contributed by atoms with Crippen LogP contribution in [0.25, 0.3) is 11.5 Å². The zero-order chi connectivity index (χ0) is 18.1. The number of benzene rings is 1. The molecule has 1 aromatic carbocycles. The predicted octanol–water partition coefficient (Wildman–Crippen LogP) is 4.61. The molecule has 0 amide bonds. The van der Waals surface area contributed by atoms with Crippen molar-refractivity contribution in [2.75, 3.05) is 5.32 Å². The highest BCUT2D eigenvalue weighted by Gasteiger charge is 2.39. The highest BCUT2D eigenvalue weighted by atomic mass is 35.5. The van der Waals surface area contributed by atoms with Crippen molar-refractivity contribution < 1.29 is 13.2 Å². The molecule has 134 valence electrons. The van der Waals surface area contributed by atoms with Gasteiger partial charge in [0.1, 0.15) is 0 Å².